The first-order valence-electron chi connectivity index (χ1n) is 9.21. The molecule has 4 nitrogen and oxygen atoms in total. The van der Waals surface area contributed by atoms with Crippen molar-refractivity contribution in [2.75, 3.05) is 13.7 Å². The lowest BCUT2D eigenvalue weighted by Gasteiger charge is -2.33. The Balaban J connectivity index is 2.06. The van der Waals surface area contributed by atoms with Gasteiger partial charge in [-0.05, 0) is 30.5 Å². The van der Waals surface area contributed by atoms with Crippen molar-refractivity contribution in [1.82, 2.24) is 4.90 Å². The molecule has 0 radical (unpaired) electrons. The zero-order chi connectivity index (χ0) is 18.1. The number of carbonyl (C=O) groups excluding carboxylic acids is 2. The van der Waals surface area contributed by atoms with Crippen LogP contribution in [0.4, 0.5) is 0 Å². The molecule has 0 unspecified atom stereocenters. The SMILES string of the molecule is COC(=O)CCN(C(=O)Cc1ccc(Cl)cc1)C1CCCCCCC1. The summed E-state index contributed by atoms with van der Waals surface area (Å²) in [5.41, 5.74) is 0.948. The summed E-state index contributed by atoms with van der Waals surface area (Å²) in [6.07, 6.45) is 8.67. The molecule has 1 amide bonds. The van der Waals surface area contributed by atoms with Gasteiger partial charge in [0.15, 0.2) is 0 Å². The summed E-state index contributed by atoms with van der Waals surface area (Å²) in [6, 6.07) is 7.61. The van der Waals surface area contributed by atoms with Crippen LogP contribution >= 0.6 is 11.6 Å². The Morgan fingerprint density at radius 1 is 1.08 bits per heavy atom. The lowest BCUT2D eigenvalue weighted by atomic mass is 9.95. The molecule has 0 N–H and O–H groups in total. The largest absolute Gasteiger partial charge is 0.469 e. The van der Waals surface area contributed by atoms with Crippen LogP contribution in [-0.2, 0) is 20.7 Å². The Labute approximate surface area is 155 Å². The molecule has 1 aliphatic rings. The van der Waals surface area contributed by atoms with Crippen LogP contribution in [0.3, 0.4) is 0 Å². The van der Waals surface area contributed by atoms with Crippen molar-refractivity contribution in [2.24, 2.45) is 0 Å². The van der Waals surface area contributed by atoms with Crippen LogP contribution in [-0.4, -0.2) is 36.5 Å². The molecule has 1 aromatic rings. The highest BCUT2D eigenvalue weighted by molar-refractivity contribution is 6.30. The molecule has 1 aliphatic carbocycles. The predicted molar refractivity (Wildman–Crippen MR) is 99.6 cm³/mol. The second-order valence-electron chi connectivity index (χ2n) is 6.72. The molecule has 1 fully saturated rings. The fourth-order valence-corrected chi connectivity index (χ4v) is 3.58. The molecular weight excluding hydrogens is 338 g/mol. The van der Waals surface area contributed by atoms with Crippen molar-refractivity contribution in [1.29, 1.82) is 0 Å². The molecule has 1 saturated carbocycles. The Morgan fingerprint density at radius 2 is 1.68 bits per heavy atom. The van der Waals surface area contributed by atoms with Crippen LogP contribution in [0.1, 0.15) is 56.9 Å². The summed E-state index contributed by atoms with van der Waals surface area (Å²) >= 11 is 5.92. The summed E-state index contributed by atoms with van der Waals surface area (Å²) in [4.78, 5) is 26.4. The van der Waals surface area contributed by atoms with Crippen molar-refractivity contribution >= 4 is 23.5 Å². The highest BCUT2D eigenvalue weighted by Gasteiger charge is 2.24. The molecule has 0 heterocycles. The normalized spacial score (nSPS) is 15.9. The number of rotatable bonds is 6. The standard InChI is InChI=1S/C20H28ClNO3/c1-25-20(24)13-14-22(18-7-5-3-2-4-6-8-18)19(23)15-16-9-11-17(21)12-10-16/h9-12,18H,2-8,13-15H2,1H3. The number of hydrogen-bond acceptors (Lipinski definition) is 3. The van der Waals surface area contributed by atoms with Gasteiger partial charge in [0.1, 0.15) is 0 Å². The summed E-state index contributed by atoms with van der Waals surface area (Å²) in [6.45, 7) is 0.434. The smallest absolute Gasteiger partial charge is 0.307 e. The van der Waals surface area contributed by atoms with Crippen LogP contribution < -0.4 is 0 Å². The number of carbonyl (C=O) groups is 2. The van der Waals surface area contributed by atoms with E-state index in [-0.39, 0.29) is 24.3 Å². The number of methoxy groups -OCH3 is 1. The maximum absolute atomic E-state index is 12.9. The summed E-state index contributed by atoms with van der Waals surface area (Å²) in [7, 11) is 1.39. The maximum Gasteiger partial charge on any atom is 0.307 e. The first-order valence-corrected chi connectivity index (χ1v) is 9.58. The van der Waals surface area contributed by atoms with Gasteiger partial charge in [-0.2, -0.15) is 0 Å². The van der Waals surface area contributed by atoms with Crippen LogP contribution in [0.15, 0.2) is 24.3 Å². The fraction of sp³-hybridized carbons (Fsp3) is 0.600. The summed E-state index contributed by atoms with van der Waals surface area (Å²) < 4.78 is 4.75. The van der Waals surface area contributed by atoms with E-state index in [1.807, 2.05) is 17.0 Å². The number of hydrogen-bond donors (Lipinski definition) is 0. The first kappa shape index (κ1) is 19.8. The Kier molecular flexibility index (Phi) is 8.26. The van der Waals surface area contributed by atoms with E-state index in [4.69, 9.17) is 16.3 Å². The predicted octanol–water partition coefficient (Wildman–Crippen LogP) is 4.39. The van der Waals surface area contributed by atoms with Gasteiger partial charge in [-0.25, -0.2) is 0 Å². The van der Waals surface area contributed by atoms with E-state index in [0.717, 1.165) is 31.2 Å². The number of halogens is 1. The van der Waals surface area contributed by atoms with Gasteiger partial charge in [-0.15, -0.1) is 0 Å². The van der Waals surface area contributed by atoms with Gasteiger partial charge in [0.25, 0.3) is 0 Å². The Hall–Kier alpha value is -1.55. The number of amides is 1. The van der Waals surface area contributed by atoms with Gasteiger partial charge in [0.2, 0.25) is 5.91 Å². The topological polar surface area (TPSA) is 46.6 Å². The van der Waals surface area contributed by atoms with Gasteiger partial charge in [-0.3, -0.25) is 9.59 Å². The molecule has 0 aliphatic heterocycles. The average molecular weight is 366 g/mol. The minimum atomic E-state index is -0.268. The average Bonchev–Trinajstić information content (AvgIpc) is 2.58. The Bertz CT molecular complexity index is 551. The van der Waals surface area contributed by atoms with Gasteiger partial charge in [0, 0.05) is 17.6 Å². The van der Waals surface area contributed by atoms with E-state index < -0.39 is 0 Å². The van der Waals surface area contributed by atoms with Crippen LogP contribution in [0.5, 0.6) is 0 Å². The molecule has 0 bridgehead atoms. The minimum absolute atomic E-state index is 0.0804. The molecule has 0 atom stereocenters. The van der Waals surface area contributed by atoms with Gasteiger partial charge >= 0.3 is 5.97 Å². The highest BCUT2D eigenvalue weighted by Crippen LogP contribution is 2.23. The van der Waals surface area contributed by atoms with Crippen molar-refractivity contribution in [3.63, 3.8) is 0 Å². The van der Waals surface area contributed by atoms with Crippen molar-refractivity contribution in [3.8, 4) is 0 Å². The van der Waals surface area contributed by atoms with E-state index in [1.54, 1.807) is 12.1 Å². The molecule has 0 spiro atoms. The number of nitrogens with zero attached hydrogens (tertiary/aromatic N) is 1. The first-order chi connectivity index (χ1) is 12.1. The second kappa shape index (κ2) is 10.4. The molecular formula is C20H28ClNO3. The Morgan fingerprint density at radius 3 is 2.28 bits per heavy atom. The van der Waals surface area contributed by atoms with Gasteiger partial charge < -0.3 is 9.64 Å². The van der Waals surface area contributed by atoms with E-state index in [0.29, 0.717) is 18.0 Å². The van der Waals surface area contributed by atoms with Crippen molar-refractivity contribution in [2.45, 2.75) is 63.8 Å². The van der Waals surface area contributed by atoms with Crippen molar-refractivity contribution in [3.05, 3.63) is 34.9 Å². The third-order valence-corrected chi connectivity index (χ3v) is 5.14. The summed E-state index contributed by atoms with van der Waals surface area (Å²) in [5.74, 6) is -0.188. The van der Waals surface area contributed by atoms with Gasteiger partial charge in [-0.1, -0.05) is 55.8 Å². The molecule has 0 aromatic heterocycles. The lowest BCUT2D eigenvalue weighted by molar-refractivity contribution is -0.142. The molecule has 2 rings (SSSR count). The third-order valence-electron chi connectivity index (χ3n) is 4.89. The monoisotopic (exact) mass is 365 g/mol. The molecule has 5 heteroatoms. The van der Waals surface area contributed by atoms with Gasteiger partial charge in [0.05, 0.1) is 20.0 Å². The van der Waals surface area contributed by atoms with Crippen molar-refractivity contribution < 1.29 is 14.3 Å². The van der Waals surface area contributed by atoms with E-state index >= 15 is 0 Å². The molecule has 25 heavy (non-hydrogen) atoms. The van der Waals surface area contributed by atoms with E-state index in [9.17, 15) is 9.59 Å². The quantitative estimate of drug-likeness (QED) is 0.702. The number of esters is 1. The van der Waals surface area contributed by atoms with E-state index in [1.165, 1.54) is 26.4 Å². The van der Waals surface area contributed by atoms with Crippen LogP contribution in [0.2, 0.25) is 5.02 Å². The number of benzene rings is 1. The summed E-state index contributed by atoms with van der Waals surface area (Å²) in [5, 5.41) is 0.666. The molecule has 138 valence electrons. The fourth-order valence-electron chi connectivity index (χ4n) is 3.45. The third kappa shape index (κ3) is 6.69. The minimum Gasteiger partial charge on any atom is -0.469 e. The maximum atomic E-state index is 12.9. The second-order valence-corrected chi connectivity index (χ2v) is 7.15. The lowest BCUT2D eigenvalue weighted by Crippen LogP contribution is -2.42. The van der Waals surface area contributed by atoms with Crippen LogP contribution in [0, 0.1) is 0 Å². The zero-order valence-corrected chi connectivity index (χ0v) is 15.8. The zero-order valence-electron chi connectivity index (χ0n) is 15.0. The number of ether oxygens (including phenoxy) is 1. The van der Waals surface area contributed by atoms with Crippen LogP contribution in [0.25, 0.3) is 0 Å². The van der Waals surface area contributed by atoms with E-state index in [2.05, 4.69) is 0 Å². The highest BCUT2D eigenvalue weighted by atomic mass is 35.5. The molecule has 1 aromatic carbocycles. The molecule has 0 saturated heterocycles.